The molecule has 0 radical (unpaired) electrons. The Balaban J connectivity index is 1.40. The highest BCUT2D eigenvalue weighted by atomic mass is 19.4. The van der Waals surface area contributed by atoms with Gasteiger partial charge >= 0.3 is 12.2 Å². The average molecular weight is 505 g/mol. The Morgan fingerprint density at radius 1 is 1.06 bits per heavy atom. The summed E-state index contributed by atoms with van der Waals surface area (Å²) in [5.41, 5.74) is -0.977. The van der Waals surface area contributed by atoms with E-state index in [9.17, 15) is 18.0 Å². The minimum absolute atomic E-state index is 0.0000116. The van der Waals surface area contributed by atoms with Gasteiger partial charge < -0.3 is 15.0 Å². The van der Waals surface area contributed by atoms with Gasteiger partial charge in [0.25, 0.3) is 0 Å². The van der Waals surface area contributed by atoms with Crippen molar-refractivity contribution >= 4 is 17.7 Å². The van der Waals surface area contributed by atoms with E-state index in [-0.39, 0.29) is 23.7 Å². The van der Waals surface area contributed by atoms with Crippen molar-refractivity contribution in [2.45, 2.75) is 42.9 Å². The number of amides is 2. The summed E-state index contributed by atoms with van der Waals surface area (Å²) in [7, 11) is 4.10. The van der Waals surface area contributed by atoms with Gasteiger partial charge in [-0.05, 0) is 45.3 Å². The van der Waals surface area contributed by atoms with E-state index in [1.54, 1.807) is 4.90 Å². The number of ether oxygens (including phenoxy) is 1. The van der Waals surface area contributed by atoms with E-state index in [0.29, 0.717) is 39.1 Å². The summed E-state index contributed by atoms with van der Waals surface area (Å²) in [6.45, 7) is 1.79. The van der Waals surface area contributed by atoms with E-state index < -0.39 is 23.4 Å². The number of rotatable bonds is 4. The number of morpholine rings is 1. The fourth-order valence-electron chi connectivity index (χ4n) is 5.76. The number of carbonyl (C=O) groups excluding carboxylic acids is 1. The van der Waals surface area contributed by atoms with Gasteiger partial charge in [0.05, 0.1) is 37.2 Å². The van der Waals surface area contributed by atoms with Gasteiger partial charge in [0.15, 0.2) is 5.69 Å². The number of anilines is 2. The molecule has 1 aliphatic carbocycles. The summed E-state index contributed by atoms with van der Waals surface area (Å²) >= 11 is 0. The molecule has 3 fully saturated rings. The maximum Gasteiger partial charge on any atom is 0.435 e. The standard InChI is InChI=1S/C25H31F3N6O2/c1-32(2)24(18-6-4-3-5-7-18)10-8-23(9-11-24)17-34(22(35)31-23)19-16-29-21(30-20(19)25(26,27)28)33-12-14-36-15-13-33/h3-7,16H,8-15,17H2,1-2H3,(H,31,35)/t23-,24+. The molecule has 36 heavy (non-hydrogen) atoms. The number of benzene rings is 1. The van der Waals surface area contributed by atoms with E-state index in [4.69, 9.17) is 4.74 Å². The van der Waals surface area contributed by atoms with Crippen LogP contribution in [-0.2, 0) is 16.5 Å². The molecule has 1 aromatic carbocycles. The highest BCUT2D eigenvalue weighted by Crippen LogP contribution is 2.47. The second-order valence-electron chi connectivity index (χ2n) is 10.1. The van der Waals surface area contributed by atoms with Crippen molar-refractivity contribution in [1.29, 1.82) is 0 Å². The van der Waals surface area contributed by atoms with Crippen LogP contribution in [0.4, 0.5) is 29.6 Å². The number of urea groups is 1. The number of nitrogens with zero attached hydrogens (tertiary/aromatic N) is 5. The largest absolute Gasteiger partial charge is 0.435 e. The number of nitrogens with one attached hydrogen (secondary N) is 1. The second-order valence-corrected chi connectivity index (χ2v) is 10.1. The third-order valence-electron chi connectivity index (χ3n) is 7.89. The van der Waals surface area contributed by atoms with E-state index in [0.717, 1.165) is 23.9 Å². The van der Waals surface area contributed by atoms with Gasteiger partial charge in [0.2, 0.25) is 5.95 Å². The molecule has 0 bridgehead atoms. The Hall–Kier alpha value is -2.92. The van der Waals surface area contributed by atoms with Gasteiger partial charge in [-0.3, -0.25) is 9.80 Å². The fourth-order valence-corrected chi connectivity index (χ4v) is 5.76. The minimum Gasteiger partial charge on any atom is -0.378 e. The predicted octanol–water partition coefficient (Wildman–Crippen LogP) is 3.63. The molecular weight excluding hydrogens is 473 g/mol. The lowest BCUT2D eigenvalue weighted by atomic mass is 9.69. The van der Waals surface area contributed by atoms with Crippen molar-refractivity contribution in [3.05, 3.63) is 47.8 Å². The van der Waals surface area contributed by atoms with Crippen LogP contribution in [0.1, 0.15) is 36.9 Å². The number of alkyl halides is 3. The van der Waals surface area contributed by atoms with Gasteiger partial charge in [-0.2, -0.15) is 13.2 Å². The second kappa shape index (κ2) is 9.19. The van der Waals surface area contributed by atoms with Crippen LogP contribution in [0, 0.1) is 0 Å². The van der Waals surface area contributed by atoms with Crippen molar-refractivity contribution in [3.8, 4) is 0 Å². The van der Waals surface area contributed by atoms with Gasteiger partial charge in [0.1, 0.15) is 0 Å². The van der Waals surface area contributed by atoms with E-state index in [1.165, 1.54) is 5.56 Å². The average Bonchev–Trinajstić information content (AvgIpc) is 3.20. The molecule has 2 amide bonds. The van der Waals surface area contributed by atoms with Crippen molar-refractivity contribution < 1.29 is 22.7 Å². The summed E-state index contributed by atoms with van der Waals surface area (Å²) in [6, 6.07) is 9.70. The third kappa shape index (κ3) is 4.39. The van der Waals surface area contributed by atoms with Crippen LogP contribution in [0.3, 0.4) is 0 Å². The summed E-state index contributed by atoms with van der Waals surface area (Å²) in [6.07, 6.45) is -0.744. The SMILES string of the molecule is CN(C)[C@]1(c2ccccc2)CC[C@]2(CC1)CN(c1cnc(N3CCOCC3)nc1C(F)(F)F)C(=O)N2. The van der Waals surface area contributed by atoms with Crippen molar-refractivity contribution in [2.75, 3.05) is 56.7 Å². The Labute approximate surface area is 208 Å². The van der Waals surface area contributed by atoms with Crippen LogP contribution in [0.15, 0.2) is 36.5 Å². The molecule has 3 heterocycles. The summed E-state index contributed by atoms with van der Waals surface area (Å²) in [5, 5.41) is 3.02. The summed E-state index contributed by atoms with van der Waals surface area (Å²) in [5.74, 6) is -0.0000116. The molecule has 1 spiro atoms. The monoisotopic (exact) mass is 504 g/mol. The molecule has 2 aliphatic heterocycles. The third-order valence-corrected chi connectivity index (χ3v) is 7.89. The van der Waals surface area contributed by atoms with Gasteiger partial charge in [-0.1, -0.05) is 30.3 Å². The Morgan fingerprint density at radius 2 is 1.72 bits per heavy atom. The smallest absolute Gasteiger partial charge is 0.378 e. The summed E-state index contributed by atoms with van der Waals surface area (Å²) in [4.78, 5) is 26.2. The molecule has 0 unspecified atom stereocenters. The van der Waals surface area contributed by atoms with Gasteiger partial charge in [0, 0.05) is 18.6 Å². The molecule has 1 saturated carbocycles. The van der Waals surface area contributed by atoms with Crippen LogP contribution in [0.2, 0.25) is 0 Å². The quantitative estimate of drug-likeness (QED) is 0.686. The first kappa shape index (κ1) is 24.8. The van der Waals surface area contributed by atoms with Crippen molar-refractivity contribution in [2.24, 2.45) is 0 Å². The van der Waals surface area contributed by atoms with Crippen LogP contribution in [-0.4, -0.2) is 73.4 Å². The van der Waals surface area contributed by atoms with Gasteiger partial charge in [-0.25, -0.2) is 14.8 Å². The minimum atomic E-state index is -4.73. The molecule has 1 aromatic heterocycles. The zero-order valence-corrected chi connectivity index (χ0v) is 20.5. The van der Waals surface area contributed by atoms with E-state index >= 15 is 0 Å². The zero-order chi connectivity index (χ0) is 25.6. The molecule has 0 atom stereocenters. The van der Waals surface area contributed by atoms with Gasteiger partial charge in [-0.15, -0.1) is 0 Å². The molecule has 2 saturated heterocycles. The summed E-state index contributed by atoms with van der Waals surface area (Å²) < 4.78 is 47.5. The normalized spacial score (nSPS) is 27.1. The first-order valence-corrected chi connectivity index (χ1v) is 12.2. The number of carbonyl (C=O) groups is 1. The van der Waals surface area contributed by atoms with E-state index in [2.05, 4.69) is 32.3 Å². The molecule has 3 aliphatic rings. The molecule has 1 N–H and O–H groups in total. The highest BCUT2D eigenvalue weighted by Gasteiger charge is 2.51. The number of hydrogen-bond acceptors (Lipinski definition) is 6. The number of hydrogen-bond donors (Lipinski definition) is 1. The van der Waals surface area contributed by atoms with Crippen LogP contribution in [0.5, 0.6) is 0 Å². The maximum absolute atomic E-state index is 14.1. The van der Waals surface area contributed by atoms with E-state index in [1.807, 2.05) is 32.3 Å². The molecular formula is C25H31F3N6O2. The lowest BCUT2D eigenvalue weighted by Crippen LogP contribution is -2.54. The van der Waals surface area contributed by atoms with Crippen molar-refractivity contribution in [1.82, 2.24) is 20.2 Å². The number of halogens is 3. The maximum atomic E-state index is 14.1. The van der Waals surface area contributed by atoms with Crippen molar-refractivity contribution in [3.63, 3.8) is 0 Å². The fraction of sp³-hybridized carbons (Fsp3) is 0.560. The van der Waals surface area contributed by atoms with Crippen LogP contribution < -0.4 is 15.1 Å². The first-order chi connectivity index (χ1) is 17.1. The van der Waals surface area contributed by atoms with Crippen LogP contribution >= 0.6 is 0 Å². The Bertz CT molecular complexity index is 1100. The molecule has 8 nitrogen and oxygen atoms in total. The predicted molar refractivity (Wildman–Crippen MR) is 129 cm³/mol. The molecule has 5 rings (SSSR count). The Kier molecular flexibility index (Phi) is 6.32. The molecule has 194 valence electrons. The Morgan fingerprint density at radius 3 is 2.33 bits per heavy atom. The molecule has 2 aromatic rings. The zero-order valence-electron chi connectivity index (χ0n) is 20.5. The highest BCUT2D eigenvalue weighted by molar-refractivity contribution is 5.96. The first-order valence-electron chi connectivity index (χ1n) is 12.2. The molecule has 11 heteroatoms. The lowest BCUT2D eigenvalue weighted by molar-refractivity contribution is -0.140. The van der Waals surface area contributed by atoms with Crippen LogP contribution in [0.25, 0.3) is 0 Å². The topological polar surface area (TPSA) is 73.8 Å². The number of aromatic nitrogens is 2. The lowest BCUT2D eigenvalue weighted by Gasteiger charge is -2.48.